The Kier molecular flexibility index (Phi) is 4.88. The number of nitrogens with two attached hydrogens (primary N) is 1. The number of rotatable bonds is 3. The molecule has 4 aromatic rings. The van der Waals surface area contributed by atoms with E-state index in [-0.39, 0.29) is 17.1 Å². The number of aromatic nitrogens is 6. The average Bonchev–Trinajstić information content (AvgIpc) is 3.38. The second-order valence-corrected chi connectivity index (χ2v) is 10.1. The number of piperidine rings is 1. The van der Waals surface area contributed by atoms with Crippen molar-refractivity contribution < 1.29 is 4.39 Å². The van der Waals surface area contributed by atoms with Gasteiger partial charge in [-0.15, -0.1) is 0 Å². The van der Waals surface area contributed by atoms with E-state index >= 15 is 0 Å². The summed E-state index contributed by atoms with van der Waals surface area (Å²) in [6.45, 7) is 1.73. The summed E-state index contributed by atoms with van der Waals surface area (Å²) in [5.74, 6) is 0.805. The Labute approximate surface area is 198 Å². The van der Waals surface area contributed by atoms with E-state index in [4.69, 9.17) is 17.3 Å². The Balaban J connectivity index is 1.17. The van der Waals surface area contributed by atoms with Gasteiger partial charge in [0, 0.05) is 29.9 Å². The SMILES string of the molecule is Nc1nccc(Sc2cnc3nc(N4CCC5(CC4)Cc4cc(F)cnc4C5)[nH]c3n2)c1Cl. The second kappa shape index (κ2) is 7.81. The van der Waals surface area contributed by atoms with Gasteiger partial charge in [0.25, 0.3) is 0 Å². The molecule has 0 unspecified atom stereocenters. The smallest absolute Gasteiger partial charge is 0.206 e. The zero-order chi connectivity index (χ0) is 22.6. The zero-order valence-electron chi connectivity index (χ0n) is 17.6. The molecule has 168 valence electrons. The molecule has 0 aromatic carbocycles. The quantitative estimate of drug-likeness (QED) is 0.450. The molecular formula is C22H20ClFN8S. The van der Waals surface area contributed by atoms with E-state index < -0.39 is 0 Å². The molecule has 0 saturated carbocycles. The van der Waals surface area contributed by atoms with Crippen molar-refractivity contribution in [1.82, 2.24) is 29.9 Å². The molecule has 3 N–H and O–H groups in total. The third-order valence-corrected chi connectivity index (χ3v) is 8.00. The minimum absolute atomic E-state index is 0.164. The van der Waals surface area contributed by atoms with Crippen LogP contribution in [0.25, 0.3) is 11.3 Å². The van der Waals surface area contributed by atoms with Crippen LogP contribution in [-0.2, 0) is 12.8 Å². The number of anilines is 2. The van der Waals surface area contributed by atoms with E-state index in [0.717, 1.165) is 60.9 Å². The van der Waals surface area contributed by atoms with Gasteiger partial charge in [-0.1, -0.05) is 23.4 Å². The first-order valence-electron chi connectivity index (χ1n) is 10.7. The topological polar surface area (TPSA) is 109 Å². The molecule has 1 aliphatic heterocycles. The highest BCUT2D eigenvalue weighted by Gasteiger charge is 2.41. The molecule has 6 rings (SSSR count). The Morgan fingerprint density at radius 1 is 1.12 bits per heavy atom. The minimum Gasteiger partial charge on any atom is -0.382 e. The zero-order valence-corrected chi connectivity index (χ0v) is 19.1. The van der Waals surface area contributed by atoms with Gasteiger partial charge < -0.3 is 15.6 Å². The van der Waals surface area contributed by atoms with Crippen LogP contribution in [0.1, 0.15) is 24.1 Å². The molecule has 4 aromatic heterocycles. The lowest BCUT2D eigenvalue weighted by atomic mass is 9.76. The van der Waals surface area contributed by atoms with Gasteiger partial charge in [0.05, 0.1) is 17.4 Å². The van der Waals surface area contributed by atoms with Gasteiger partial charge in [0.1, 0.15) is 16.7 Å². The fourth-order valence-electron chi connectivity index (χ4n) is 4.79. The molecule has 0 radical (unpaired) electrons. The Hall–Kier alpha value is -2.98. The van der Waals surface area contributed by atoms with Crippen molar-refractivity contribution >= 4 is 46.4 Å². The van der Waals surface area contributed by atoms with E-state index in [1.807, 2.05) is 0 Å². The van der Waals surface area contributed by atoms with Gasteiger partial charge in [-0.05, 0) is 48.8 Å². The summed E-state index contributed by atoms with van der Waals surface area (Å²) < 4.78 is 13.6. The number of hydrogen-bond acceptors (Lipinski definition) is 8. The summed E-state index contributed by atoms with van der Waals surface area (Å²) in [5.41, 5.74) is 9.26. The highest BCUT2D eigenvalue weighted by Crippen LogP contribution is 2.44. The number of H-pyrrole nitrogens is 1. The van der Waals surface area contributed by atoms with Gasteiger partial charge in [-0.25, -0.2) is 19.3 Å². The summed E-state index contributed by atoms with van der Waals surface area (Å²) in [7, 11) is 0. The molecule has 0 bridgehead atoms. The van der Waals surface area contributed by atoms with Crippen LogP contribution in [0.4, 0.5) is 16.2 Å². The maximum Gasteiger partial charge on any atom is 0.206 e. The largest absolute Gasteiger partial charge is 0.382 e. The van der Waals surface area contributed by atoms with Crippen LogP contribution in [0.5, 0.6) is 0 Å². The maximum absolute atomic E-state index is 13.6. The predicted octanol–water partition coefficient (Wildman–Crippen LogP) is 4.05. The first-order chi connectivity index (χ1) is 16.0. The van der Waals surface area contributed by atoms with Gasteiger partial charge in [-0.2, -0.15) is 4.98 Å². The number of pyridine rings is 2. The van der Waals surface area contributed by atoms with E-state index in [1.54, 1.807) is 24.5 Å². The number of nitrogen functional groups attached to an aromatic ring is 1. The first kappa shape index (κ1) is 20.6. The lowest BCUT2D eigenvalue weighted by Gasteiger charge is -2.39. The molecule has 1 spiro atoms. The van der Waals surface area contributed by atoms with Crippen molar-refractivity contribution in [3.63, 3.8) is 0 Å². The van der Waals surface area contributed by atoms with Crippen molar-refractivity contribution in [2.24, 2.45) is 5.41 Å². The van der Waals surface area contributed by atoms with E-state index in [2.05, 4.69) is 34.8 Å². The first-order valence-corrected chi connectivity index (χ1v) is 11.9. The fraction of sp³-hybridized carbons (Fsp3) is 0.318. The van der Waals surface area contributed by atoms with Crippen LogP contribution >= 0.6 is 23.4 Å². The summed E-state index contributed by atoms with van der Waals surface area (Å²) in [4.78, 5) is 28.4. The number of imidazole rings is 1. The molecule has 1 fully saturated rings. The summed E-state index contributed by atoms with van der Waals surface area (Å²) >= 11 is 7.63. The molecule has 1 aliphatic carbocycles. The molecule has 11 heteroatoms. The van der Waals surface area contributed by atoms with Crippen LogP contribution < -0.4 is 10.6 Å². The highest BCUT2D eigenvalue weighted by atomic mass is 35.5. The maximum atomic E-state index is 13.6. The molecule has 5 heterocycles. The molecule has 0 amide bonds. The van der Waals surface area contributed by atoms with E-state index in [1.165, 1.54) is 18.0 Å². The Morgan fingerprint density at radius 2 is 1.97 bits per heavy atom. The predicted molar refractivity (Wildman–Crippen MR) is 125 cm³/mol. The lowest BCUT2D eigenvalue weighted by molar-refractivity contribution is 0.231. The third kappa shape index (κ3) is 3.76. The molecule has 33 heavy (non-hydrogen) atoms. The molecular weight excluding hydrogens is 463 g/mol. The molecule has 1 saturated heterocycles. The van der Waals surface area contributed by atoms with Crippen molar-refractivity contribution in [3.05, 3.63) is 52.8 Å². The number of aromatic amines is 1. The van der Waals surface area contributed by atoms with Crippen LogP contribution in [0, 0.1) is 11.2 Å². The highest BCUT2D eigenvalue weighted by molar-refractivity contribution is 7.99. The summed E-state index contributed by atoms with van der Waals surface area (Å²) in [6.07, 6.45) is 8.44. The molecule has 2 aliphatic rings. The number of nitrogens with zero attached hydrogens (tertiary/aromatic N) is 6. The van der Waals surface area contributed by atoms with Gasteiger partial charge in [0.15, 0.2) is 11.3 Å². The average molecular weight is 483 g/mol. The summed E-state index contributed by atoms with van der Waals surface area (Å²) in [6, 6.07) is 3.44. The number of fused-ring (bicyclic) bond motifs is 2. The van der Waals surface area contributed by atoms with Gasteiger partial charge in [-0.3, -0.25) is 4.98 Å². The van der Waals surface area contributed by atoms with Gasteiger partial charge >= 0.3 is 0 Å². The van der Waals surface area contributed by atoms with Crippen molar-refractivity contribution in [3.8, 4) is 0 Å². The van der Waals surface area contributed by atoms with Crippen LogP contribution in [-0.4, -0.2) is 43.0 Å². The molecule has 0 atom stereocenters. The standard InChI is InChI=1S/C22H20ClFN8S/c23-17-15(1-4-26-18(17)25)33-16-11-28-19-20(29-16)31-21(30-19)32-5-2-22(3-6-32)8-12-7-13(24)10-27-14(12)9-22/h1,4,7,10-11H,2-3,5-6,8-9H2,(H2,25,26)(H,28,29,30,31). The van der Waals surface area contributed by atoms with Crippen LogP contribution in [0.15, 0.2) is 40.6 Å². The second-order valence-electron chi connectivity index (χ2n) is 8.65. The van der Waals surface area contributed by atoms with Crippen molar-refractivity contribution in [2.45, 2.75) is 35.6 Å². The number of hydrogen-bond donors (Lipinski definition) is 2. The normalized spacial score (nSPS) is 17.1. The fourth-order valence-corrected chi connectivity index (χ4v) is 5.81. The number of halogens is 2. The summed E-state index contributed by atoms with van der Waals surface area (Å²) in [5, 5.41) is 1.09. The van der Waals surface area contributed by atoms with Crippen LogP contribution in [0.3, 0.4) is 0 Å². The van der Waals surface area contributed by atoms with Crippen molar-refractivity contribution in [2.75, 3.05) is 23.7 Å². The lowest BCUT2D eigenvalue weighted by Crippen LogP contribution is -2.41. The van der Waals surface area contributed by atoms with E-state index in [0.29, 0.717) is 21.3 Å². The van der Waals surface area contributed by atoms with Gasteiger partial charge in [0.2, 0.25) is 5.95 Å². The molecule has 8 nitrogen and oxygen atoms in total. The Bertz CT molecular complexity index is 1370. The van der Waals surface area contributed by atoms with Crippen molar-refractivity contribution in [1.29, 1.82) is 0 Å². The van der Waals surface area contributed by atoms with Crippen LogP contribution in [0.2, 0.25) is 5.02 Å². The van der Waals surface area contributed by atoms with E-state index in [9.17, 15) is 4.39 Å². The Morgan fingerprint density at radius 3 is 2.82 bits per heavy atom. The minimum atomic E-state index is -0.252. The number of nitrogens with one attached hydrogen (secondary N) is 1. The monoisotopic (exact) mass is 482 g/mol. The third-order valence-electron chi connectivity index (χ3n) is 6.53.